The zero-order chi connectivity index (χ0) is 25.0. The minimum absolute atomic E-state index is 0.111. The van der Waals surface area contributed by atoms with E-state index in [2.05, 4.69) is 14.4 Å². The van der Waals surface area contributed by atoms with Gasteiger partial charge in [0.15, 0.2) is 11.7 Å². The van der Waals surface area contributed by atoms with Gasteiger partial charge in [-0.25, -0.2) is 13.1 Å². The van der Waals surface area contributed by atoms with Crippen molar-refractivity contribution in [3.8, 4) is 0 Å². The highest BCUT2D eigenvalue weighted by molar-refractivity contribution is 7.91. The molecular weight excluding hydrogens is 512 g/mol. The average Bonchev–Trinajstić information content (AvgIpc) is 3.43. The van der Waals surface area contributed by atoms with Gasteiger partial charge in [0.2, 0.25) is 15.9 Å². The molecule has 3 unspecified atom stereocenters. The number of nitrogens with one attached hydrogen (secondary N) is 2. The molecule has 3 heterocycles. The van der Waals surface area contributed by atoms with Gasteiger partial charge in [0, 0.05) is 30.6 Å². The van der Waals surface area contributed by atoms with Crippen molar-refractivity contribution in [2.45, 2.75) is 68.8 Å². The highest BCUT2D eigenvalue weighted by Gasteiger charge is 2.53. The van der Waals surface area contributed by atoms with E-state index in [-0.39, 0.29) is 51.5 Å². The van der Waals surface area contributed by atoms with Crippen LogP contribution >= 0.6 is 11.3 Å². The van der Waals surface area contributed by atoms with Crippen molar-refractivity contribution < 1.29 is 26.4 Å². The molecule has 13 heteroatoms. The first-order valence-electron chi connectivity index (χ1n) is 12.1. The number of sulfonamides is 2. The van der Waals surface area contributed by atoms with E-state index in [1.165, 1.54) is 6.42 Å². The molecule has 2 saturated carbocycles. The van der Waals surface area contributed by atoms with E-state index in [1.54, 1.807) is 5.38 Å². The van der Waals surface area contributed by atoms with E-state index in [0.29, 0.717) is 18.9 Å². The van der Waals surface area contributed by atoms with Crippen LogP contribution < -0.4 is 10.0 Å². The van der Waals surface area contributed by atoms with Gasteiger partial charge in [-0.1, -0.05) is 25.7 Å². The van der Waals surface area contributed by atoms with Crippen LogP contribution in [0.4, 0.5) is 5.00 Å². The lowest BCUT2D eigenvalue weighted by Gasteiger charge is -2.43. The van der Waals surface area contributed by atoms with Crippen molar-refractivity contribution in [1.82, 2.24) is 9.62 Å². The summed E-state index contributed by atoms with van der Waals surface area (Å²) in [5.74, 6) is -1.91. The number of hydrogen-bond acceptors (Lipinski definition) is 8. The number of amidine groups is 1. The molecule has 35 heavy (non-hydrogen) atoms. The molecule has 0 bridgehead atoms. The quantitative estimate of drug-likeness (QED) is 0.524. The predicted octanol–water partition coefficient (Wildman–Crippen LogP) is 2.09. The van der Waals surface area contributed by atoms with Crippen LogP contribution in [0.15, 0.2) is 14.7 Å². The summed E-state index contributed by atoms with van der Waals surface area (Å²) >= 11 is 1.08. The average molecular weight is 543 g/mol. The van der Waals surface area contributed by atoms with Crippen molar-refractivity contribution in [2.75, 3.05) is 18.1 Å². The highest BCUT2D eigenvalue weighted by Crippen LogP contribution is 2.42. The first-order chi connectivity index (χ1) is 16.5. The van der Waals surface area contributed by atoms with Crippen LogP contribution in [0.2, 0.25) is 0 Å². The third kappa shape index (κ3) is 4.79. The number of anilines is 1. The first kappa shape index (κ1) is 24.8. The van der Waals surface area contributed by atoms with Crippen molar-refractivity contribution >= 4 is 53.9 Å². The Bertz CT molecular complexity index is 1280. The Morgan fingerprint density at radius 3 is 2.60 bits per heavy atom. The minimum Gasteiger partial charge on any atom is -0.338 e. The summed E-state index contributed by atoms with van der Waals surface area (Å²) in [4.78, 5) is 28.9. The maximum Gasteiger partial charge on any atom is 0.287 e. The molecule has 5 rings (SSSR count). The van der Waals surface area contributed by atoms with Gasteiger partial charge in [-0.2, -0.15) is 8.42 Å². The molecule has 2 N–H and O–H groups in total. The maximum atomic E-state index is 13.7. The van der Waals surface area contributed by atoms with Crippen LogP contribution in [0.3, 0.4) is 0 Å². The van der Waals surface area contributed by atoms with Crippen molar-refractivity contribution in [3.05, 3.63) is 10.9 Å². The lowest BCUT2D eigenvalue weighted by Crippen LogP contribution is -2.59. The molecule has 2 aliphatic heterocycles. The van der Waals surface area contributed by atoms with Crippen LogP contribution in [0.25, 0.3) is 0 Å². The van der Waals surface area contributed by atoms with Gasteiger partial charge in [0.25, 0.3) is 10.0 Å². The number of fused-ring (bicyclic) bond motifs is 2. The largest absolute Gasteiger partial charge is 0.338 e. The normalized spacial score (nSPS) is 28.9. The molecule has 0 spiro atoms. The SMILES string of the molecule is CS(=O)(=O)NCc1csc2c1S(=O)(=O)N=C(C1C(=O)C3CCCC3N(CC3CCCCC3)C1=O)N2. The molecular formula is C22H30N4O6S3. The number of carbonyl (C=O) groups excluding carboxylic acids is 2. The Morgan fingerprint density at radius 1 is 1.14 bits per heavy atom. The summed E-state index contributed by atoms with van der Waals surface area (Å²) in [6.45, 7) is 0.409. The van der Waals surface area contributed by atoms with Gasteiger partial charge in [-0.3, -0.25) is 9.59 Å². The fourth-order valence-corrected chi connectivity index (χ4v) is 9.02. The summed E-state index contributed by atoms with van der Waals surface area (Å²) < 4.78 is 55.4. The van der Waals surface area contributed by atoms with Gasteiger partial charge < -0.3 is 10.2 Å². The minimum atomic E-state index is -4.23. The molecule has 192 valence electrons. The number of ketones is 1. The molecule has 0 radical (unpaired) electrons. The van der Waals surface area contributed by atoms with Gasteiger partial charge in [-0.05, 0) is 37.0 Å². The second-order valence-corrected chi connectivity index (χ2v) is 14.3. The third-order valence-electron chi connectivity index (χ3n) is 7.57. The summed E-state index contributed by atoms with van der Waals surface area (Å²) in [6, 6.07) is -0.111. The molecule has 1 aromatic heterocycles. The van der Waals surface area contributed by atoms with Crippen LogP contribution in [-0.2, 0) is 36.2 Å². The van der Waals surface area contributed by atoms with E-state index in [4.69, 9.17) is 0 Å². The lowest BCUT2D eigenvalue weighted by atomic mass is 9.80. The second kappa shape index (κ2) is 9.24. The third-order valence-corrected chi connectivity index (χ3v) is 10.7. The summed E-state index contributed by atoms with van der Waals surface area (Å²) in [5, 5.41) is 4.73. The molecule has 0 aromatic carbocycles. The van der Waals surface area contributed by atoms with Crippen LogP contribution in [-0.4, -0.2) is 58.1 Å². The van der Waals surface area contributed by atoms with Crippen molar-refractivity contribution in [1.29, 1.82) is 0 Å². The summed E-state index contributed by atoms with van der Waals surface area (Å²) in [6.07, 6.45) is 8.98. The zero-order valence-electron chi connectivity index (χ0n) is 19.5. The van der Waals surface area contributed by atoms with Crippen LogP contribution in [0.1, 0.15) is 56.9 Å². The smallest absolute Gasteiger partial charge is 0.287 e. The van der Waals surface area contributed by atoms with E-state index in [1.807, 2.05) is 4.90 Å². The fourth-order valence-electron chi connectivity index (χ4n) is 5.96. The molecule has 10 nitrogen and oxygen atoms in total. The fraction of sp³-hybridized carbons (Fsp3) is 0.682. The Balaban J connectivity index is 1.44. The standard InChI is InChI=1S/C22H30N4O6S3/c1-34(29,30)23-10-14-12-33-21-19(14)35(31,32)25-20(24-21)17-18(27)15-8-5-9-16(15)26(22(17)28)11-13-6-3-2-4-7-13/h12-13,15-17,23H,2-11H2,1H3,(H,24,25). The van der Waals surface area contributed by atoms with Gasteiger partial charge in [-0.15, -0.1) is 15.7 Å². The maximum absolute atomic E-state index is 13.7. The number of nitrogens with zero attached hydrogens (tertiary/aromatic N) is 2. The molecule has 4 aliphatic rings. The number of likely N-dealkylation sites (tertiary alicyclic amines) is 1. The Hall–Kier alpha value is -1.83. The molecule has 3 fully saturated rings. The first-order valence-corrected chi connectivity index (χ1v) is 16.3. The number of hydrogen-bond donors (Lipinski definition) is 2. The van der Waals surface area contributed by atoms with E-state index in [0.717, 1.165) is 56.1 Å². The summed E-state index contributed by atoms with van der Waals surface area (Å²) in [7, 11) is -7.76. The van der Waals surface area contributed by atoms with E-state index in [9.17, 15) is 26.4 Å². The molecule has 3 atom stereocenters. The number of piperidine rings is 1. The van der Waals surface area contributed by atoms with Crippen LogP contribution in [0, 0.1) is 17.8 Å². The number of thiophene rings is 1. The number of amides is 1. The number of Topliss-reactive ketones (excluding diaryl/α,β-unsaturated/α-hetero) is 1. The Morgan fingerprint density at radius 2 is 1.89 bits per heavy atom. The predicted molar refractivity (Wildman–Crippen MR) is 132 cm³/mol. The topological polar surface area (TPSA) is 142 Å². The number of carbonyl (C=O) groups is 2. The zero-order valence-corrected chi connectivity index (χ0v) is 22.0. The van der Waals surface area contributed by atoms with Gasteiger partial charge >= 0.3 is 0 Å². The summed E-state index contributed by atoms with van der Waals surface area (Å²) in [5.41, 5.74) is 0.266. The lowest BCUT2D eigenvalue weighted by molar-refractivity contribution is -0.150. The Labute approximate surface area is 209 Å². The van der Waals surface area contributed by atoms with Crippen LogP contribution in [0.5, 0.6) is 0 Å². The van der Waals surface area contributed by atoms with E-state index < -0.39 is 26.0 Å². The highest BCUT2D eigenvalue weighted by atomic mass is 32.2. The van der Waals surface area contributed by atoms with E-state index >= 15 is 0 Å². The van der Waals surface area contributed by atoms with Gasteiger partial charge in [0.1, 0.15) is 15.7 Å². The second-order valence-electron chi connectivity index (χ2n) is 10.0. The Kier molecular flexibility index (Phi) is 6.56. The van der Waals surface area contributed by atoms with Crippen molar-refractivity contribution in [3.63, 3.8) is 0 Å². The number of rotatable bonds is 6. The molecule has 2 aliphatic carbocycles. The molecule has 1 aromatic rings. The van der Waals surface area contributed by atoms with Gasteiger partial charge in [0.05, 0.1) is 6.26 Å². The monoisotopic (exact) mass is 542 g/mol. The van der Waals surface area contributed by atoms with Crippen molar-refractivity contribution in [2.24, 2.45) is 22.2 Å². The molecule has 1 saturated heterocycles. The molecule has 1 amide bonds.